The highest BCUT2D eigenvalue weighted by atomic mass is 16.6. The maximum Gasteiger partial charge on any atom is 0.407 e. The number of carbonyl (C=O) groups is 2. The third-order valence-electron chi connectivity index (χ3n) is 5.81. The van der Waals surface area contributed by atoms with Crippen LogP contribution in [-0.2, 0) is 4.74 Å². The number of carbonyl (C=O) groups excluding carboxylic acids is 2. The Labute approximate surface area is 213 Å². The van der Waals surface area contributed by atoms with Gasteiger partial charge in [-0.05, 0) is 58.2 Å². The van der Waals surface area contributed by atoms with Crippen molar-refractivity contribution in [3.63, 3.8) is 0 Å². The number of aliphatic hydroxyl groups is 2. The van der Waals surface area contributed by atoms with Gasteiger partial charge in [-0.15, -0.1) is 0 Å². The Morgan fingerprint density at radius 1 is 1.14 bits per heavy atom. The van der Waals surface area contributed by atoms with E-state index in [9.17, 15) is 29.4 Å². The van der Waals surface area contributed by atoms with E-state index in [1.54, 1.807) is 45.0 Å². The molecule has 1 heterocycles. The maximum absolute atomic E-state index is 12.8. The quantitative estimate of drug-likeness (QED) is 0.318. The molecule has 0 bridgehead atoms. The number of rotatable bonds is 8. The molecule has 1 saturated carbocycles. The number of alkyl carbamates (subject to hydrolysis) is 1. The van der Waals surface area contributed by atoms with Crippen LogP contribution in [0.15, 0.2) is 46.1 Å². The van der Waals surface area contributed by atoms with Gasteiger partial charge in [0.15, 0.2) is 0 Å². The van der Waals surface area contributed by atoms with Crippen molar-refractivity contribution in [3.05, 3.63) is 62.9 Å². The van der Waals surface area contributed by atoms with Crippen molar-refractivity contribution in [2.75, 3.05) is 13.2 Å². The van der Waals surface area contributed by atoms with Gasteiger partial charge in [-0.3, -0.25) is 19.1 Å². The summed E-state index contributed by atoms with van der Waals surface area (Å²) in [5.74, 6) is 0.0135. The molecule has 12 heteroatoms. The standard InChI is InChI=1S/C25H34N4O8/c1-25(2,3)37-24(35)26-11-5-13-36-16-7-4-6-15(14-16)22(33)27-17-8-9-18(21(32)20(17)31)29-12-10-19(30)28-23(29)34/h4,6-7,10,12,14,17-18,20-21,31-32H,5,8-9,11,13H2,1-3H3,(H,26,35)(H,27,33)(H,28,30,34)/t17-,18-,20-,21+/m1/s1. The number of H-pyrrole nitrogens is 1. The fourth-order valence-corrected chi connectivity index (χ4v) is 4.05. The Balaban J connectivity index is 1.50. The molecule has 1 aromatic heterocycles. The van der Waals surface area contributed by atoms with E-state index >= 15 is 0 Å². The SMILES string of the molecule is CC(C)(C)OC(=O)NCCCOc1cccc(C(=O)N[C@@H]2CC[C@@H](n3ccc(=O)[nH]c3=O)[C@H](O)[C@@H]2O)c1. The second-order valence-electron chi connectivity index (χ2n) is 9.88. The van der Waals surface area contributed by atoms with Crippen molar-refractivity contribution in [2.24, 2.45) is 0 Å². The number of aromatic amines is 1. The van der Waals surface area contributed by atoms with E-state index in [0.717, 1.165) is 0 Å². The molecule has 0 spiro atoms. The average molecular weight is 519 g/mol. The molecule has 12 nitrogen and oxygen atoms in total. The molecule has 202 valence electrons. The summed E-state index contributed by atoms with van der Waals surface area (Å²) >= 11 is 0. The number of amides is 2. The van der Waals surface area contributed by atoms with Gasteiger partial charge in [0.2, 0.25) is 0 Å². The molecule has 0 unspecified atom stereocenters. The molecular weight excluding hydrogens is 484 g/mol. The summed E-state index contributed by atoms with van der Waals surface area (Å²) in [5.41, 5.74) is -1.49. The van der Waals surface area contributed by atoms with Gasteiger partial charge < -0.3 is 30.3 Å². The van der Waals surface area contributed by atoms with Crippen LogP contribution >= 0.6 is 0 Å². The Morgan fingerprint density at radius 2 is 1.89 bits per heavy atom. The Morgan fingerprint density at radius 3 is 2.59 bits per heavy atom. The summed E-state index contributed by atoms with van der Waals surface area (Å²) in [6, 6.07) is 6.21. The zero-order valence-electron chi connectivity index (χ0n) is 21.1. The Kier molecular flexibility index (Phi) is 9.11. The number of ether oxygens (including phenoxy) is 2. The predicted molar refractivity (Wildman–Crippen MR) is 134 cm³/mol. The second kappa shape index (κ2) is 12.1. The lowest BCUT2D eigenvalue weighted by Crippen LogP contribution is -2.55. The van der Waals surface area contributed by atoms with Crippen LogP contribution in [0.5, 0.6) is 5.75 Å². The lowest BCUT2D eigenvalue weighted by Gasteiger charge is -2.38. The normalized spacial score (nSPS) is 21.6. The van der Waals surface area contributed by atoms with Crippen LogP contribution in [0.4, 0.5) is 4.79 Å². The summed E-state index contributed by atoms with van der Waals surface area (Å²) in [5, 5.41) is 26.6. The molecule has 0 radical (unpaired) electrons. The number of nitrogens with one attached hydrogen (secondary N) is 3. The average Bonchev–Trinajstić information content (AvgIpc) is 2.81. The minimum absolute atomic E-state index is 0.301. The first kappa shape index (κ1) is 27.9. The third kappa shape index (κ3) is 7.92. The lowest BCUT2D eigenvalue weighted by atomic mass is 9.85. The summed E-state index contributed by atoms with van der Waals surface area (Å²) in [7, 11) is 0. The maximum atomic E-state index is 12.8. The monoisotopic (exact) mass is 518 g/mol. The molecule has 0 aliphatic heterocycles. The van der Waals surface area contributed by atoms with Crippen LogP contribution in [-0.4, -0.2) is 68.8 Å². The molecule has 1 aliphatic carbocycles. The second-order valence-corrected chi connectivity index (χ2v) is 9.88. The number of hydrogen-bond acceptors (Lipinski definition) is 8. The van der Waals surface area contributed by atoms with E-state index in [2.05, 4.69) is 15.6 Å². The Hall–Kier alpha value is -3.64. The van der Waals surface area contributed by atoms with Gasteiger partial charge in [0.1, 0.15) is 23.6 Å². The molecule has 2 amide bonds. The van der Waals surface area contributed by atoms with Crippen molar-refractivity contribution < 1.29 is 29.3 Å². The van der Waals surface area contributed by atoms with E-state index < -0.39 is 53.1 Å². The summed E-state index contributed by atoms with van der Waals surface area (Å²) in [4.78, 5) is 50.0. The van der Waals surface area contributed by atoms with E-state index in [1.807, 2.05) is 0 Å². The van der Waals surface area contributed by atoms with Crippen LogP contribution < -0.4 is 26.6 Å². The fraction of sp³-hybridized carbons (Fsp3) is 0.520. The lowest BCUT2D eigenvalue weighted by molar-refractivity contribution is -0.0570. The van der Waals surface area contributed by atoms with Gasteiger partial charge in [-0.25, -0.2) is 9.59 Å². The molecule has 3 rings (SSSR count). The van der Waals surface area contributed by atoms with Crippen molar-refractivity contribution in [2.45, 2.75) is 69.9 Å². The predicted octanol–water partition coefficient (Wildman–Crippen LogP) is 0.686. The minimum atomic E-state index is -1.33. The third-order valence-corrected chi connectivity index (χ3v) is 5.81. The van der Waals surface area contributed by atoms with Crippen molar-refractivity contribution in [1.29, 1.82) is 0 Å². The molecular formula is C25H34N4O8. The van der Waals surface area contributed by atoms with E-state index in [1.165, 1.54) is 16.8 Å². The summed E-state index contributed by atoms with van der Waals surface area (Å²) in [6.07, 6.45) is -0.735. The van der Waals surface area contributed by atoms with Gasteiger partial charge in [0.25, 0.3) is 11.5 Å². The van der Waals surface area contributed by atoms with Gasteiger partial charge in [0, 0.05) is 24.4 Å². The van der Waals surface area contributed by atoms with Gasteiger partial charge in [-0.2, -0.15) is 0 Å². The summed E-state index contributed by atoms with van der Waals surface area (Å²) < 4.78 is 12.0. The minimum Gasteiger partial charge on any atom is -0.494 e. The summed E-state index contributed by atoms with van der Waals surface area (Å²) in [6.45, 7) is 6.01. The zero-order valence-corrected chi connectivity index (χ0v) is 21.1. The van der Waals surface area contributed by atoms with Crippen LogP contribution in [0, 0.1) is 0 Å². The van der Waals surface area contributed by atoms with Gasteiger partial charge >= 0.3 is 11.8 Å². The van der Waals surface area contributed by atoms with Gasteiger partial charge in [0.05, 0.1) is 18.7 Å². The van der Waals surface area contributed by atoms with Crippen molar-refractivity contribution in [1.82, 2.24) is 20.2 Å². The molecule has 4 atom stereocenters. The molecule has 5 N–H and O–H groups in total. The molecule has 1 fully saturated rings. The Bertz CT molecular complexity index is 1200. The van der Waals surface area contributed by atoms with Crippen LogP contribution in [0.1, 0.15) is 56.4 Å². The zero-order chi connectivity index (χ0) is 27.2. The molecule has 1 aromatic carbocycles. The first-order valence-electron chi connectivity index (χ1n) is 12.1. The molecule has 1 aliphatic rings. The molecule has 37 heavy (non-hydrogen) atoms. The number of hydrogen-bond donors (Lipinski definition) is 5. The first-order chi connectivity index (χ1) is 17.4. The van der Waals surface area contributed by atoms with E-state index in [4.69, 9.17) is 9.47 Å². The first-order valence-corrected chi connectivity index (χ1v) is 12.1. The van der Waals surface area contributed by atoms with Gasteiger partial charge in [-0.1, -0.05) is 6.07 Å². The van der Waals surface area contributed by atoms with E-state index in [0.29, 0.717) is 43.7 Å². The highest BCUT2D eigenvalue weighted by molar-refractivity contribution is 5.94. The smallest absolute Gasteiger partial charge is 0.407 e. The fourth-order valence-electron chi connectivity index (χ4n) is 4.05. The number of benzene rings is 1. The van der Waals surface area contributed by atoms with Crippen LogP contribution in [0.2, 0.25) is 0 Å². The van der Waals surface area contributed by atoms with Crippen molar-refractivity contribution >= 4 is 12.0 Å². The van der Waals surface area contributed by atoms with E-state index in [-0.39, 0.29) is 0 Å². The highest BCUT2D eigenvalue weighted by Gasteiger charge is 2.39. The van der Waals surface area contributed by atoms with Crippen LogP contribution in [0.3, 0.4) is 0 Å². The van der Waals surface area contributed by atoms with Crippen LogP contribution in [0.25, 0.3) is 0 Å². The largest absolute Gasteiger partial charge is 0.494 e. The highest BCUT2D eigenvalue weighted by Crippen LogP contribution is 2.28. The number of aliphatic hydroxyl groups excluding tert-OH is 2. The molecule has 2 aromatic rings. The van der Waals surface area contributed by atoms with Crippen molar-refractivity contribution in [3.8, 4) is 5.75 Å². The number of aromatic nitrogens is 2. The molecule has 0 saturated heterocycles. The topological polar surface area (TPSA) is 172 Å². The number of nitrogens with zero attached hydrogens (tertiary/aromatic N) is 1.